The van der Waals surface area contributed by atoms with E-state index in [0.717, 1.165) is 6.07 Å². The van der Waals surface area contributed by atoms with Gasteiger partial charge in [-0.1, -0.05) is 6.07 Å². The average molecular weight is 403 g/mol. The Morgan fingerprint density at radius 3 is 2.04 bits per heavy atom. The third-order valence-electron chi connectivity index (χ3n) is 3.42. The van der Waals surface area contributed by atoms with Gasteiger partial charge in [0, 0.05) is 6.07 Å². The lowest BCUT2D eigenvalue weighted by molar-refractivity contribution is -0.253. The molecule has 27 heavy (non-hydrogen) atoms. The maximum Gasteiger partial charge on any atom is 0.461 e. The molecule has 0 bridgehead atoms. The van der Waals surface area contributed by atoms with Gasteiger partial charge in [-0.15, -0.1) is 0 Å². The van der Waals surface area contributed by atoms with Crippen LogP contribution in [0.1, 0.15) is 22.7 Å². The average Bonchev–Trinajstić information content (AvgIpc) is 2.52. The first-order valence-corrected chi connectivity index (χ1v) is 7.09. The Bertz CT molecular complexity index is 820. The van der Waals surface area contributed by atoms with Crippen molar-refractivity contribution in [2.45, 2.75) is 24.8 Å². The largest absolute Gasteiger partial charge is 0.461 e. The second kappa shape index (κ2) is 7.29. The molecule has 2 aromatic carbocycles. The molecule has 0 saturated carbocycles. The van der Waals surface area contributed by atoms with Crippen molar-refractivity contribution in [3.8, 4) is 5.75 Å². The Kier molecular flexibility index (Phi) is 5.64. The molecule has 1 unspecified atom stereocenters. The van der Waals surface area contributed by atoms with Crippen LogP contribution in [0.4, 0.5) is 39.5 Å². The van der Waals surface area contributed by atoms with E-state index >= 15 is 0 Å². The van der Waals surface area contributed by atoms with Gasteiger partial charge in [0.1, 0.15) is 17.4 Å². The van der Waals surface area contributed by atoms with Crippen LogP contribution >= 0.6 is 0 Å². The molecule has 0 heterocycles. The first kappa shape index (κ1) is 20.9. The van der Waals surface area contributed by atoms with Crippen LogP contribution in [-0.4, -0.2) is 12.5 Å². The molecule has 1 atom stereocenters. The Hall–Kier alpha value is -2.43. The summed E-state index contributed by atoms with van der Waals surface area (Å²) in [5, 5.41) is 0. The number of halogens is 9. The number of alkyl halides is 7. The molecule has 0 aromatic heterocycles. The molecule has 2 N–H and O–H groups in total. The fraction of sp³-hybridized carbons (Fsp3) is 0.250. The topological polar surface area (TPSA) is 35.2 Å². The van der Waals surface area contributed by atoms with Crippen molar-refractivity contribution in [3.05, 3.63) is 64.7 Å². The first-order valence-electron chi connectivity index (χ1n) is 7.09. The van der Waals surface area contributed by atoms with Crippen LogP contribution < -0.4 is 10.5 Å². The summed E-state index contributed by atoms with van der Waals surface area (Å²) in [6, 6.07) is 1.96. The molecule has 0 radical (unpaired) electrons. The first-order chi connectivity index (χ1) is 12.3. The number of rotatable bonds is 5. The van der Waals surface area contributed by atoms with Crippen LogP contribution in [0.15, 0.2) is 36.4 Å². The van der Waals surface area contributed by atoms with E-state index in [1.54, 1.807) is 0 Å². The molecule has 0 aliphatic carbocycles. The molecule has 2 rings (SSSR count). The van der Waals surface area contributed by atoms with Gasteiger partial charge in [0.2, 0.25) is 0 Å². The smallest absolute Gasteiger partial charge is 0.428 e. The van der Waals surface area contributed by atoms with Gasteiger partial charge in [0.05, 0.1) is 11.6 Å². The van der Waals surface area contributed by atoms with Gasteiger partial charge in [-0.2, -0.15) is 30.7 Å². The molecule has 2 nitrogen and oxygen atoms in total. The second-order valence-corrected chi connectivity index (χ2v) is 5.40. The summed E-state index contributed by atoms with van der Waals surface area (Å²) in [5.74, 6) is -3.79. The molecule has 148 valence electrons. The van der Waals surface area contributed by atoms with Gasteiger partial charge in [-0.3, -0.25) is 0 Å². The zero-order valence-electron chi connectivity index (χ0n) is 13.0. The van der Waals surface area contributed by atoms with Gasteiger partial charge >= 0.3 is 18.7 Å². The minimum absolute atomic E-state index is 0.319. The summed E-state index contributed by atoms with van der Waals surface area (Å²) in [6.07, 6.45) is -14.2. The molecule has 0 aliphatic rings. The van der Waals surface area contributed by atoms with Crippen molar-refractivity contribution in [1.82, 2.24) is 0 Å². The SMILES string of the molecule is NC(c1cc(F)cc(OC(F)(F)C(F)F)c1)c1ccc(F)c(C(F)(F)F)c1. The zero-order valence-corrected chi connectivity index (χ0v) is 13.0. The van der Waals surface area contributed by atoms with Gasteiger partial charge < -0.3 is 10.5 Å². The highest BCUT2D eigenvalue weighted by Gasteiger charge is 2.44. The number of hydrogen-bond acceptors (Lipinski definition) is 2. The van der Waals surface area contributed by atoms with Crippen LogP contribution in [0.25, 0.3) is 0 Å². The molecule has 0 amide bonds. The lowest BCUT2D eigenvalue weighted by atomic mass is 9.97. The predicted octanol–water partition coefficient (Wildman–Crippen LogP) is 5.27. The molecular formula is C16H10F9NO. The normalized spacial score (nSPS) is 13.7. The van der Waals surface area contributed by atoms with E-state index in [1.165, 1.54) is 0 Å². The van der Waals surface area contributed by atoms with Gasteiger partial charge in [-0.25, -0.2) is 8.78 Å². The molecule has 0 saturated heterocycles. The van der Waals surface area contributed by atoms with Gasteiger partial charge in [-0.05, 0) is 35.4 Å². The van der Waals surface area contributed by atoms with E-state index in [0.29, 0.717) is 30.3 Å². The number of hydrogen-bond donors (Lipinski definition) is 1. The van der Waals surface area contributed by atoms with E-state index in [4.69, 9.17) is 5.73 Å². The molecule has 0 aliphatic heterocycles. The third kappa shape index (κ3) is 4.85. The van der Waals surface area contributed by atoms with E-state index in [-0.39, 0.29) is 11.1 Å². The summed E-state index contributed by atoms with van der Waals surface area (Å²) in [6.45, 7) is 0. The highest BCUT2D eigenvalue weighted by atomic mass is 19.4. The maximum atomic E-state index is 13.6. The summed E-state index contributed by atoms with van der Waals surface area (Å²) < 4.78 is 119. The maximum absolute atomic E-state index is 13.6. The lowest BCUT2D eigenvalue weighted by Gasteiger charge is -2.19. The third-order valence-corrected chi connectivity index (χ3v) is 3.42. The Balaban J connectivity index is 2.41. The van der Waals surface area contributed by atoms with Crippen molar-refractivity contribution in [1.29, 1.82) is 0 Å². The van der Waals surface area contributed by atoms with Crippen molar-refractivity contribution in [3.63, 3.8) is 0 Å². The Labute approximate surface area is 146 Å². The van der Waals surface area contributed by atoms with Crippen LogP contribution in [0.2, 0.25) is 0 Å². The fourth-order valence-electron chi connectivity index (χ4n) is 2.17. The minimum atomic E-state index is -5.03. The van der Waals surface area contributed by atoms with E-state index in [2.05, 4.69) is 4.74 Å². The Morgan fingerprint density at radius 2 is 1.48 bits per heavy atom. The van der Waals surface area contributed by atoms with Crippen molar-refractivity contribution < 1.29 is 44.3 Å². The summed E-state index contributed by atoms with van der Waals surface area (Å²) in [4.78, 5) is 0. The second-order valence-electron chi connectivity index (χ2n) is 5.40. The summed E-state index contributed by atoms with van der Waals surface area (Å²) >= 11 is 0. The summed E-state index contributed by atoms with van der Waals surface area (Å²) in [7, 11) is 0. The lowest BCUT2D eigenvalue weighted by Crippen LogP contribution is -2.33. The van der Waals surface area contributed by atoms with E-state index in [1.807, 2.05) is 0 Å². The van der Waals surface area contributed by atoms with Gasteiger partial charge in [0.25, 0.3) is 0 Å². The highest BCUT2D eigenvalue weighted by Crippen LogP contribution is 2.35. The molecule has 0 fully saturated rings. The highest BCUT2D eigenvalue weighted by molar-refractivity contribution is 5.39. The molecule has 0 spiro atoms. The van der Waals surface area contributed by atoms with Crippen LogP contribution in [0, 0.1) is 11.6 Å². The van der Waals surface area contributed by atoms with Crippen molar-refractivity contribution >= 4 is 0 Å². The standard InChI is InChI=1S/C16H10F9NO/c17-9-3-8(4-10(6-9)27-16(24,25)14(19)20)13(26)7-1-2-12(18)11(5-7)15(21,22)23/h1-6,13-14H,26H2. The van der Waals surface area contributed by atoms with E-state index < -0.39 is 47.7 Å². The summed E-state index contributed by atoms with van der Waals surface area (Å²) in [5.41, 5.74) is 3.39. The minimum Gasteiger partial charge on any atom is -0.428 e. The van der Waals surface area contributed by atoms with E-state index in [9.17, 15) is 39.5 Å². The Morgan fingerprint density at radius 1 is 0.852 bits per heavy atom. The molecular weight excluding hydrogens is 393 g/mol. The zero-order chi connectivity index (χ0) is 20.6. The predicted molar refractivity (Wildman–Crippen MR) is 75.4 cm³/mol. The fourth-order valence-corrected chi connectivity index (χ4v) is 2.17. The number of benzene rings is 2. The van der Waals surface area contributed by atoms with Crippen LogP contribution in [0.3, 0.4) is 0 Å². The van der Waals surface area contributed by atoms with Crippen molar-refractivity contribution in [2.24, 2.45) is 5.73 Å². The van der Waals surface area contributed by atoms with Crippen molar-refractivity contribution in [2.75, 3.05) is 0 Å². The number of ether oxygens (including phenoxy) is 1. The monoisotopic (exact) mass is 403 g/mol. The number of nitrogens with two attached hydrogens (primary N) is 1. The quantitative estimate of drug-likeness (QED) is 0.691. The molecule has 2 aromatic rings. The van der Waals surface area contributed by atoms with Crippen LogP contribution in [0.5, 0.6) is 5.75 Å². The molecule has 11 heteroatoms. The van der Waals surface area contributed by atoms with Crippen LogP contribution in [-0.2, 0) is 6.18 Å². The van der Waals surface area contributed by atoms with Gasteiger partial charge in [0.15, 0.2) is 0 Å².